The van der Waals surface area contributed by atoms with E-state index >= 15 is 0 Å². The van der Waals surface area contributed by atoms with Crippen LogP contribution in [0.15, 0.2) is 0 Å². The molecule has 10 atom stereocenters. The number of hydrogen-bond donors (Lipinski definition) is 2. The molecule has 2 N–H and O–H groups in total. The van der Waals surface area contributed by atoms with E-state index in [2.05, 4.69) is 34.6 Å². The number of aliphatic hydroxyl groups is 2. The van der Waals surface area contributed by atoms with Gasteiger partial charge < -0.3 is 10.2 Å². The Morgan fingerprint density at radius 3 is 2.29 bits per heavy atom. The quantitative estimate of drug-likeness (QED) is 0.494. The largest absolute Gasteiger partial charge is 0.390 e. The maximum absolute atomic E-state index is 10.9. The van der Waals surface area contributed by atoms with Crippen molar-refractivity contribution in [3.63, 3.8) is 0 Å². The summed E-state index contributed by atoms with van der Waals surface area (Å²) in [6.45, 7) is 12.0. The fourth-order valence-corrected chi connectivity index (χ4v) is 10.0. The molecule has 5 fully saturated rings. The summed E-state index contributed by atoms with van der Waals surface area (Å²) in [5, 5.41) is 21.6. The summed E-state index contributed by atoms with van der Waals surface area (Å²) in [6.07, 6.45) is 16.5. The van der Waals surface area contributed by atoms with Gasteiger partial charge in [0.2, 0.25) is 0 Å². The molecule has 0 aliphatic heterocycles. The van der Waals surface area contributed by atoms with Gasteiger partial charge in [0.1, 0.15) is 0 Å². The zero-order valence-corrected chi connectivity index (χ0v) is 21.1. The van der Waals surface area contributed by atoms with E-state index < -0.39 is 11.2 Å². The van der Waals surface area contributed by atoms with Crippen LogP contribution in [0, 0.1) is 52.3 Å². The van der Waals surface area contributed by atoms with E-state index in [0.29, 0.717) is 16.7 Å². The van der Waals surface area contributed by atoms with Gasteiger partial charge in [-0.3, -0.25) is 0 Å². The molecule has 31 heavy (non-hydrogen) atoms. The molecule has 2 heteroatoms. The first kappa shape index (κ1) is 22.7. The molecule has 0 saturated heterocycles. The monoisotopic (exact) mass is 430 g/mol. The van der Waals surface area contributed by atoms with Gasteiger partial charge in [-0.2, -0.15) is 0 Å². The van der Waals surface area contributed by atoms with Gasteiger partial charge >= 0.3 is 0 Å². The van der Waals surface area contributed by atoms with Gasteiger partial charge in [-0.05, 0) is 150 Å². The highest BCUT2D eigenvalue weighted by atomic mass is 16.3. The van der Waals surface area contributed by atoms with Crippen LogP contribution in [0.25, 0.3) is 0 Å². The van der Waals surface area contributed by atoms with Crippen molar-refractivity contribution in [2.45, 2.75) is 129 Å². The van der Waals surface area contributed by atoms with Gasteiger partial charge in [0.15, 0.2) is 0 Å². The molecule has 0 aromatic rings. The van der Waals surface area contributed by atoms with Gasteiger partial charge in [0.25, 0.3) is 0 Å². The highest BCUT2D eigenvalue weighted by Gasteiger charge is 2.61. The lowest BCUT2D eigenvalue weighted by molar-refractivity contribution is -0.148. The van der Waals surface area contributed by atoms with Gasteiger partial charge in [0.05, 0.1) is 11.2 Å². The topological polar surface area (TPSA) is 40.5 Å². The summed E-state index contributed by atoms with van der Waals surface area (Å²) in [5.74, 6) is 5.65. The molecule has 5 aliphatic rings. The fourth-order valence-electron chi connectivity index (χ4n) is 10.0. The SMILES string of the molecule is C[C@H](CC[C@@](C)(O)C1CC1)[C@H]1CC[C@H]2[C@@H]3CC[C@H]4C[C@@](C)(O)CC[C@]4(C)[C@H]3CC[C@]12C. The predicted molar refractivity (Wildman–Crippen MR) is 128 cm³/mol. The van der Waals surface area contributed by atoms with Crippen LogP contribution in [0.2, 0.25) is 0 Å². The van der Waals surface area contributed by atoms with Gasteiger partial charge in [-0.25, -0.2) is 0 Å². The molecule has 5 aliphatic carbocycles. The zero-order valence-electron chi connectivity index (χ0n) is 21.1. The van der Waals surface area contributed by atoms with Gasteiger partial charge in [-0.15, -0.1) is 0 Å². The van der Waals surface area contributed by atoms with E-state index in [9.17, 15) is 10.2 Å². The van der Waals surface area contributed by atoms with Crippen LogP contribution in [-0.2, 0) is 0 Å². The Hall–Kier alpha value is -0.0800. The van der Waals surface area contributed by atoms with Crippen molar-refractivity contribution < 1.29 is 10.2 Å². The van der Waals surface area contributed by atoms with Crippen LogP contribution in [0.1, 0.15) is 118 Å². The number of rotatable bonds is 5. The lowest BCUT2D eigenvalue weighted by Crippen LogP contribution is -2.55. The average molecular weight is 431 g/mol. The highest BCUT2D eigenvalue weighted by molar-refractivity contribution is 5.10. The van der Waals surface area contributed by atoms with E-state index in [4.69, 9.17) is 0 Å². The second kappa shape index (κ2) is 7.46. The molecule has 0 radical (unpaired) electrons. The molecule has 0 spiro atoms. The van der Waals surface area contributed by atoms with E-state index in [0.717, 1.165) is 54.8 Å². The summed E-state index contributed by atoms with van der Waals surface area (Å²) in [4.78, 5) is 0. The first-order valence-corrected chi connectivity index (χ1v) is 13.9. The average Bonchev–Trinajstić information content (AvgIpc) is 3.49. The van der Waals surface area contributed by atoms with Crippen molar-refractivity contribution in [3.8, 4) is 0 Å². The summed E-state index contributed by atoms with van der Waals surface area (Å²) in [5.41, 5.74) is 0.157. The van der Waals surface area contributed by atoms with Gasteiger partial charge in [-0.1, -0.05) is 20.8 Å². The predicted octanol–water partition coefficient (Wildman–Crippen LogP) is 6.97. The van der Waals surface area contributed by atoms with Crippen molar-refractivity contribution in [3.05, 3.63) is 0 Å². The third kappa shape index (κ3) is 3.74. The first-order chi connectivity index (χ1) is 14.5. The summed E-state index contributed by atoms with van der Waals surface area (Å²) < 4.78 is 0. The minimum absolute atomic E-state index is 0.417. The smallest absolute Gasteiger partial charge is 0.0647 e. The molecule has 178 valence electrons. The van der Waals surface area contributed by atoms with E-state index in [1.165, 1.54) is 64.2 Å². The number of hydrogen-bond acceptors (Lipinski definition) is 2. The Labute approximate surface area is 192 Å². The van der Waals surface area contributed by atoms with Crippen molar-refractivity contribution in [1.29, 1.82) is 0 Å². The van der Waals surface area contributed by atoms with Crippen LogP contribution >= 0.6 is 0 Å². The molecule has 5 saturated carbocycles. The molecular weight excluding hydrogens is 380 g/mol. The molecule has 0 bridgehead atoms. The second-order valence-corrected chi connectivity index (χ2v) is 14.2. The van der Waals surface area contributed by atoms with Crippen LogP contribution in [0.4, 0.5) is 0 Å². The van der Waals surface area contributed by atoms with E-state index in [-0.39, 0.29) is 0 Å². The lowest BCUT2D eigenvalue weighted by atomic mass is 9.43. The third-order valence-corrected chi connectivity index (χ3v) is 12.3. The van der Waals surface area contributed by atoms with Crippen molar-refractivity contribution in [2.75, 3.05) is 0 Å². The van der Waals surface area contributed by atoms with Crippen LogP contribution < -0.4 is 0 Å². The minimum Gasteiger partial charge on any atom is -0.390 e. The molecule has 2 nitrogen and oxygen atoms in total. The third-order valence-electron chi connectivity index (χ3n) is 12.3. The molecule has 0 aromatic carbocycles. The highest BCUT2D eigenvalue weighted by Crippen LogP contribution is 2.69. The Kier molecular flexibility index (Phi) is 5.46. The Balaban J connectivity index is 1.28. The normalized spacial score (nSPS) is 52.5. The summed E-state index contributed by atoms with van der Waals surface area (Å²) in [6, 6.07) is 0. The molecule has 0 heterocycles. The van der Waals surface area contributed by atoms with Gasteiger partial charge in [0, 0.05) is 0 Å². The lowest BCUT2D eigenvalue weighted by Gasteiger charge is -2.62. The van der Waals surface area contributed by atoms with Crippen molar-refractivity contribution in [1.82, 2.24) is 0 Å². The van der Waals surface area contributed by atoms with Crippen molar-refractivity contribution >= 4 is 0 Å². The fraction of sp³-hybridized carbons (Fsp3) is 1.00. The standard InChI is InChI=1S/C29H50O2/c1-19(12-15-29(5,31)20-6-7-20)23-10-11-24-22-9-8-21-18-26(2,30)16-17-27(21,3)25(22)13-14-28(23,24)4/h19-25,30-31H,6-18H2,1-5H3/t19-,21+,22+,23-,24+,25+,26+,27+,28-,29-/m1/s1. The van der Waals surface area contributed by atoms with E-state index in [1.807, 2.05) is 0 Å². The molecular formula is C29H50O2. The molecule has 5 rings (SSSR count). The molecule has 0 amide bonds. The molecule has 0 unspecified atom stereocenters. The van der Waals surface area contributed by atoms with Crippen molar-refractivity contribution in [2.24, 2.45) is 52.3 Å². The Morgan fingerprint density at radius 2 is 1.58 bits per heavy atom. The first-order valence-electron chi connectivity index (χ1n) is 13.9. The minimum atomic E-state index is -0.421. The summed E-state index contributed by atoms with van der Waals surface area (Å²) >= 11 is 0. The maximum atomic E-state index is 10.9. The zero-order chi connectivity index (χ0) is 22.2. The Bertz CT molecular complexity index is 678. The van der Waals surface area contributed by atoms with Crippen LogP contribution in [0.5, 0.6) is 0 Å². The maximum Gasteiger partial charge on any atom is 0.0647 e. The summed E-state index contributed by atoms with van der Waals surface area (Å²) in [7, 11) is 0. The number of fused-ring (bicyclic) bond motifs is 5. The van der Waals surface area contributed by atoms with Crippen LogP contribution in [-0.4, -0.2) is 21.4 Å². The van der Waals surface area contributed by atoms with Crippen LogP contribution in [0.3, 0.4) is 0 Å². The molecule has 0 aromatic heterocycles. The Morgan fingerprint density at radius 1 is 0.871 bits per heavy atom. The van der Waals surface area contributed by atoms with E-state index in [1.54, 1.807) is 0 Å². The second-order valence-electron chi connectivity index (χ2n) is 14.2.